The summed E-state index contributed by atoms with van der Waals surface area (Å²) in [6.45, 7) is 0.216. The maximum absolute atomic E-state index is 13.4. The number of rotatable bonds is 5. The van der Waals surface area contributed by atoms with Gasteiger partial charge in [-0.1, -0.05) is 12.1 Å². The van der Waals surface area contributed by atoms with Crippen molar-refractivity contribution in [3.05, 3.63) is 83.9 Å². The summed E-state index contributed by atoms with van der Waals surface area (Å²) in [4.78, 5) is 49.3. The molecule has 154 valence electrons. The van der Waals surface area contributed by atoms with Crippen LogP contribution in [0, 0.1) is 5.92 Å². The number of carbonyl (C=O) groups is 3. The second-order valence-electron chi connectivity index (χ2n) is 7.27. The number of ether oxygens (including phenoxy) is 2. The largest absolute Gasteiger partial charge is 0.454 e. The summed E-state index contributed by atoms with van der Waals surface area (Å²) >= 11 is 0. The minimum Gasteiger partial charge on any atom is -0.454 e. The Morgan fingerprint density at radius 2 is 1.90 bits per heavy atom. The van der Waals surface area contributed by atoms with E-state index in [1.807, 2.05) is 6.07 Å². The fraction of sp³-hybridized carbons (Fsp3) is 0.174. The second-order valence-corrected chi connectivity index (χ2v) is 7.27. The van der Waals surface area contributed by atoms with Gasteiger partial charge in [0.2, 0.25) is 12.6 Å². The predicted octanol–water partition coefficient (Wildman–Crippen LogP) is 2.36. The zero-order chi connectivity index (χ0) is 21.4. The van der Waals surface area contributed by atoms with E-state index in [4.69, 9.17) is 9.47 Å². The van der Waals surface area contributed by atoms with Crippen LogP contribution in [0.1, 0.15) is 27.7 Å². The van der Waals surface area contributed by atoms with Crippen LogP contribution in [0.3, 0.4) is 0 Å². The van der Waals surface area contributed by atoms with Crippen molar-refractivity contribution in [2.45, 2.75) is 12.6 Å². The molecule has 1 aromatic carbocycles. The van der Waals surface area contributed by atoms with Crippen LogP contribution in [0.5, 0.6) is 11.5 Å². The minimum atomic E-state index is -1.21. The lowest BCUT2D eigenvalue weighted by Crippen LogP contribution is -2.31. The highest BCUT2D eigenvalue weighted by Gasteiger charge is 2.52. The van der Waals surface area contributed by atoms with Gasteiger partial charge in [0.15, 0.2) is 17.3 Å². The highest BCUT2D eigenvalue weighted by atomic mass is 16.7. The van der Waals surface area contributed by atoms with E-state index in [1.165, 1.54) is 4.90 Å². The third-order valence-electron chi connectivity index (χ3n) is 5.41. The van der Waals surface area contributed by atoms with Gasteiger partial charge in [-0.15, -0.1) is 0 Å². The maximum atomic E-state index is 13.4. The molecule has 5 rings (SSSR count). The van der Waals surface area contributed by atoms with Crippen molar-refractivity contribution in [2.24, 2.45) is 5.92 Å². The number of amides is 1. The van der Waals surface area contributed by atoms with E-state index < -0.39 is 29.4 Å². The predicted molar refractivity (Wildman–Crippen MR) is 107 cm³/mol. The van der Waals surface area contributed by atoms with E-state index >= 15 is 0 Å². The van der Waals surface area contributed by atoms with E-state index in [0.29, 0.717) is 17.2 Å². The van der Waals surface area contributed by atoms with Gasteiger partial charge in [-0.05, 0) is 42.0 Å². The fourth-order valence-corrected chi connectivity index (χ4v) is 3.96. The van der Waals surface area contributed by atoms with Crippen molar-refractivity contribution in [3.63, 3.8) is 0 Å². The Morgan fingerprint density at radius 1 is 1.03 bits per heavy atom. The summed E-state index contributed by atoms with van der Waals surface area (Å²) in [6, 6.07) is 12.7. The van der Waals surface area contributed by atoms with Crippen LogP contribution in [-0.2, 0) is 16.1 Å². The fourth-order valence-electron chi connectivity index (χ4n) is 3.96. The Labute approximate surface area is 177 Å². The molecular formula is C23H17N3O5. The highest BCUT2D eigenvalue weighted by molar-refractivity contribution is 6.44. The average Bonchev–Trinajstić information content (AvgIpc) is 3.38. The number of pyridine rings is 2. The van der Waals surface area contributed by atoms with Crippen LogP contribution in [0.4, 0.5) is 0 Å². The SMILES string of the molecule is O=C1C(=O)N(Cc2cccnc2)C(c2ccccn2)C1C(=O)c1ccc2c(c1)OCO2. The molecule has 0 N–H and O–H groups in total. The molecule has 31 heavy (non-hydrogen) atoms. The number of Topliss-reactive ketones (excluding diaryl/α,β-unsaturated/α-hetero) is 2. The van der Waals surface area contributed by atoms with Crippen molar-refractivity contribution in [1.29, 1.82) is 0 Å². The molecule has 2 unspecified atom stereocenters. The van der Waals surface area contributed by atoms with Gasteiger partial charge in [0.1, 0.15) is 5.92 Å². The molecule has 8 heteroatoms. The van der Waals surface area contributed by atoms with Crippen LogP contribution < -0.4 is 9.47 Å². The molecule has 0 bridgehead atoms. The molecule has 8 nitrogen and oxygen atoms in total. The third kappa shape index (κ3) is 3.31. The molecule has 1 amide bonds. The maximum Gasteiger partial charge on any atom is 0.291 e. The van der Waals surface area contributed by atoms with Crippen LogP contribution >= 0.6 is 0 Å². The Kier molecular flexibility index (Phi) is 4.66. The molecular weight excluding hydrogens is 398 g/mol. The Hall–Kier alpha value is -4.07. The molecule has 2 atom stereocenters. The lowest BCUT2D eigenvalue weighted by atomic mass is 9.88. The van der Waals surface area contributed by atoms with Crippen molar-refractivity contribution in [2.75, 3.05) is 6.79 Å². The van der Waals surface area contributed by atoms with Gasteiger partial charge in [-0.3, -0.25) is 24.4 Å². The van der Waals surface area contributed by atoms with E-state index in [9.17, 15) is 14.4 Å². The Bertz CT molecular complexity index is 1170. The van der Waals surface area contributed by atoms with Gasteiger partial charge < -0.3 is 14.4 Å². The number of nitrogens with zero attached hydrogens (tertiary/aromatic N) is 3. The first-order chi connectivity index (χ1) is 15.1. The van der Waals surface area contributed by atoms with Crippen LogP contribution in [0.2, 0.25) is 0 Å². The monoisotopic (exact) mass is 415 g/mol. The topological polar surface area (TPSA) is 98.7 Å². The standard InChI is InChI=1S/C23H17N3O5/c27-21(15-6-7-17-18(10-15)31-13-30-17)19-20(16-5-1-2-9-25-16)26(23(29)22(19)28)12-14-4-3-8-24-11-14/h1-11,19-20H,12-13H2. The summed E-state index contributed by atoms with van der Waals surface area (Å²) < 4.78 is 10.6. The van der Waals surface area contributed by atoms with Gasteiger partial charge in [0.25, 0.3) is 5.91 Å². The Morgan fingerprint density at radius 3 is 2.68 bits per heavy atom. The molecule has 0 radical (unpaired) electrons. The summed E-state index contributed by atoms with van der Waals surface area (Å²) in [5.74, 6) is -2.16. The molecule has 0 saturated carbocycles. The molecule has 0 aliphatic carbocycles. The van der Waals surface area contributed by atoms with Crippen molar-refractivity contribution in [3.8, 4) is 11.5 Å². The van der Waals surface area contributed by atoms with Crippen molar-refractivity contribution >= 4 is 17.5 Å². The number of hydrogen-bond acceptors (Lipinski definition) is 7. The minimum absolute atomic E-state index is 0.0727. The number of fused-ring (bicyclic) bond motifs is 1. The zero-order valence-corrected chi connectivity index (χ0v) is 16.3. The quantitative estimate of drug-likeness (QED) is 0.358. The highest BCUT2D eigenvalue weighted by Crippen LogP contribution is 2.40. The average molecular weight is 415 g/mol. The zero-order valence-electron chi connectivity index (χ0n) is 16.3. The Balaban J connectivity index is 1.55. The number of benzene rings is 1. The van der Waals surface area contributed by atoms with Crippen LogP contribution in [0.15, 0.2) is 67.1 Å². The third-order valence-corrected chi connectivity index (χ3v) is 5.41. The summed E-state index contributed by atoms with van der Waals surface area (Å²) in [7, 11) is 0. The normalized spacial score (nSPS) is 19.7. The van der Waals surface area contributed by atoms with Gasteiger partial charge in [0.05, 0.1) is 11.7 Å². The van der Waals surface area contributed by atoms with Gasteiger partial charge >= 0.3 is 0 Å². The lowest BCUT2D eigenvalue weighted by molar-refractivity contribution is -0.141. The lowest BCUT2D eigenvalue weighted by Gasteiger charge is -2.26. The smallest absolute Gasteiger partial charge is 0.291 e. The second kappa shape index (κ2) is 7.64. The van der Waals surface area contributed by atoms with E-state index in [-0.39, 0.29) is 18.9 Å². The molecule has 3 aromatic rings. The summed E-state index contributed by atoms with van der Waals surface area (Å²) in [6.07, 6.45) is 4.83. The molecule has 2 aliphatic heterocycles. The summed E-state index contributed by atoms with van der Waals surface area (Å²) in [5.41, 5.74) is 1.50. The molecule has 1 fully saturated rings. The molecule has 0 spiro atoms. The number of hydrogen-bond donors (Lipinski definition) is 0. The van der Waals surface area contributed by atoms with Crippen molar-refractivity contribution in [1.82, 2.24) is 14.9 Å². The number of likely N-dealkylation sites (tertiary alicyclic amines) is 1. The number of carbonyl (C=O) groups excluding carboxylic acids is 3. The first-order valence-electron chi connectivity index (χ1n) is 9.72. The van der Waals surface area contributed by atoms with E-state index in [0.717, 1.165) is 5.56 Å². The molecule has 2 aromatic heterocycles. The first kappa shape index (κ1) is 18.9. The van der Waals surface area contributed by atoms with Crippen molar-refractivity contribution < 1.29 is 23.9 Å². The first-order valence-corrected chi connectivity index (χ1v) is 9.72. The molecule has 2 aliphatic rings. The van der Waals surface area contributed by atoms with Crippen LogP contribution in [-0.4, -0.2) is 39.1 Å². The van der Waals surface area contributed by atoms with Crippen LogP contribution in [0.25, 0.3) is 0 Å². The van der Waals surface area contributed by atoms with Gasteiger partial charge in [-0.25, -0.2) is 0 Å². The summed E-state index contributed by atoms with van der Waals surface area (Å²) in [5, 5.41) is 0. The van der Waals surface area contributed by atoms with E-state index in [1.54, 1.807) is 61.1 Å². The number of ketones is 2. The van der Waals surface area contributed by atoms with Gasteiger partial charge in [-0.2, -0.15) is 0 Å². The molecule has 4 heterocycles. The molecule has 1 saturated heterocycles. The number of aromatic nitrogens is 2. The van der Waals surface area contributed by atoms with E-state index in [2.05, 4.69) is 9.97 Å². The van der Waals surface area contributed by atoms with Gasteiger partial charge in [0, 0.05) is 30.7 Å².